The van der Waals surface area contributed by atoms with Crippen LogP contribution in [0.1, 0.15) is 0 Å². The van der Waals surface area contributed by atoms with Gasteiger partial charge in [-0.2, -0.15) is 0 Å². The minimum Gasteiger partial charge on any atom is -0.378 e. The number of methoxy groups -OCH3 is 1. The van der Waals surface area contributed by atoms with Crippen molar-refractivity contribution in [2.45, 2.75) is 6.10 Å². The van der Waals surface area contributed by atoms with E-state index in [9.17, 15) is 0 Å². The van der Waals surface area contributed by atoms with E-state index in [2.05, 4.69) is 11.9 Å². The van der Waals surface area contributed by atoms with Crippen LogP contribution in [-0.4, -0.2) is 51.5 Å². The van der Waals surface area contributed by atoms with Crippen LogP contribution in [0.3, 0.4) is 0 Å². The fourth-order valence-corrected chi connectivity index (χ4v) is 1.07. The van der Waals surface area contributed by atoms with Gasteiger partial charge in [-0.05, 0) is 7.05 Å². The number of hydrogen-bond acceptors (Lipinski definition) is 3. The van der Waals surface area contributed by atoms with E-state index >= 15 is 0 Å². The van der Waals surface area contributed by atoms with E-state index in [1.165, 1.54) is 0 Å². The van der Waals surface area contributed by atoms with Crippen LogP contribution in [0, 0.1) is 0 Å². The second kappa shape index (κ2) is 3.91. The highest BCUT2D eigenvalue weighted by Crippen LogP contribution is 1.99. The van der Waals surface area contributed by atoms with Crippen LogP contribution in [0.2, 0.25) is 0 Å². The second-order valence-corrected chi connectivity index (χ2v) is 2.69. The van der Waals surface area contributed by atoms with Crippen LogP contribution in [0.15, 0.2) is 0 Å². The zero-order valence-corrected chi connectivity index (χ0v) is 6.67. The first-order valence-electron chi connectivity index (χ1n) is 3.62. The highest BCUT2D eigenvalue weighted by atomic mass is 16.5. The molecule has 60 valence electrons. The molecule has 0 aromatic heterocycles. The van der Waals surface area contributed by atoms with E-state index in [0.717, 1.165) is 26.3 Å². The van der Waals surface area contributed by atoms with Crippen molar-refractivity contribution in [2.24, 2.45) is 0 Å². The van der Waals surface area contributed by atoms with Crippen LogP contribution < -0.4 is 0 Å². The summed E-state index contributed by atoms with van der Waals surface area (Å²) in [7, 11) is 3.81. The molecular formula is C7H15NO2. The monoisotopic (exact) mass is 145 g/mol. The molecule has 3 nitrogen and oxygen atoms in total. The molecule has 1 atom stereocenters. The summed E-state index contributed by atoms with van der Waals surface area (Å²) in [4.78, 5) is 2.22. The van der Waals surface area contributed by atoms with Crippen molar-refractivity contribution in [3.05, 3.63) is 0 Å². The molecule has 10 heavy (non-hydrogen) atoms. The number of ether oxygens (including phenoxy) is 2. The minimum atomic E-state index is 0.257. The number of hydrogen-bond donors (Lipinski definition) is 0. The second-order valence-electron chi connectivity index (χ2n) is 2.69. The van der Waals surface area contributed by atoms with E-state index in [1.54, 1.807) is 7.11 Å². The molecule has 0 N–H and O–H groups in total. The zero-order valence-electron chi connectivity index (χ0n) is 6.67. The zero-order chi connectivity index (χ0) is 7.40. The van der Waals surface area contributed by atoms with Crippen molar-refractivity contribution >= 4 is 0 Å². The predicted molar refractivity (Wildman–Crippen MR) is 39.1 cm³/mol. The smallest absolute Gasteiger partial charge is 0.0931 e. The molecule has 1 aliphatic rings. The highest BCUT2D eigenvalue weighted by Gasteiger charge is 2.14. The van der Waals surface area contributed by atoms with Gasteiger partial charge < -0.3 is 14.4 Å². The molecule has 0 saturated carbocycles. The van der Waals surface area contributed by atoms with E-state index < -0.39 is 0 Å². The van der Waals surface area contributed by atoms with Gasteiger partial charge in [0.25, 0.3) is 0 Å². The molecule has 3 heteroatoms. The van der Waals surface area contributed by atoms with Gasteiger partial charge in [-0.3, -0.25) is 0 Å². The van der Waals surface area contributed by atoms with Crippen LogP contribution in [0.5, 0.6) is 0 Å². The minimum absolute atomic E-state index is 0.257. The van der Waals surface area contributed by atoms with Gasteiger partial charge in [0.1, 0.15) is 0 Å². The predicted octanol–water partition coefficient (Wildman–Crippen LogP) is -0.0366. The Morgan fingerprint density at radius 3 is 3.10 bits per heavy atom. The van der Waals surface area contributed by atoms with Gasteiger partial charge in [0, 0.05) is 20.2 Å². The molecule has 0 aliphatic carbocycles. The Bertz CT molecular complexity index is 97.6. The maximum absolute atomic E-state index is 5.30. The third-order valence-corrected chi connectivity index (χ3v) is 1.77. The molecule has 0 aromatic rings. The van der Waals surface area contributed by atoms with Gasteiger partial charge in [0.15, 0.2) is 0 Å². The summed E-state index contributed by atoms with van der Waals surface area (Å²) in [5, 5.41) is 0. The maximum Gasteiger partial charge on any atom is 0.0931 e. The van der Waals surface area contributed by atoms with Gasteiger partial charge in [0.05, 0.1) is 19.3 Å². The van der Waals surface area contributed by atoms with Crippen molar-refractivity contribution in [2.75, 3.05) is 40.5 Å². The van der Waals surface area contributed by atoms with E-state index in [4.69, 9.17) is 9.47 Å². The third kappa shape index (κ3) is 2.25. The molecule has 1 heterocycles. The van der Waals surface area contributed by atoms with Crippen molar-refractivity contribution in [1.82, 2.24) is 4.90 Å². The number of rotatable bonds is 1. The Morgan fingerprint density at radius 2 is 2.40 bits per heavy atom. The summed E-state index contributed by atoms with van der Waals surface area (Å²) in [6.45, 7) is 3.56. The van der Waals surface area contributed by atoms with Crippen molar-refractivity contribution in [3.8, 4) is 0 Å². The van der Waals surface area contributed by atoms with E-state index in [1.807, 2.05) is 0 Å². The first-order chi connectivity index (χ1) is 4.83. The number of nitrogens with zero attached hydrogens (tertiary/aromatic N) is 1. The van der Waals surface area contributed by atoms with Crippen LogP contribution >= 0.6 is 0 Å². The lowest BCUT2D eigenvalue weighted by Gasteiger charge is -2.16. The highest BCUT2D eigenvalue weighted by molar-refractivity contribution is 4.65. The van der Waals surface area contributed by atoms with Gasteiger partial charge in [-0.15, -0.1) is 0 Å². The normalized spacial score (nSPS) is 30.0. The van der Waals surface area contributed by atoms with Crippen molar-refractivity contribution < 1.29 is 9.47 Å². The fourth-order valence-electron chi connectivity index (χ4n) is 1.07. The number of likely N-dealkylation sites (N-methyl/N-ethyl adjacent to an activating group) is 1. The molecule has 0 aromatic carbocycles. The maximum atomic E-state index is 5.30. The summed E-state index contributed by atoms with van der Waals surface area (Å²) >= 11 is 0. The molecule has 1 saturated heterocycles. The average Bonchev–Trinajstić information content (AvgIpc) is 2.13. The summed E-state index contributed by atoms with van der Waals surface area (Å²) in [5.74, 6) is 0. The van der Waals surface area contributed by atoms with E-state index in [0.29, 0.717) is 0 Å². The van der Waals surface area contributed by atoms with Crippen LogP contribution in [-0.2, 0) is 9.47 Å². The lowest BCUT2D eigenvalue weighted by Crippen LogP contribution is -2.30. The van der Waals surface area contributed by atoms with Crippen LogP contribution in [0.25, 0.3) is 0 Å². The quantitative estimate of drug-likeness (QED) is 0.517. The molecule has 1 unspecified atom stereocenters. The Kier molecular flexibility index (Phi) is 3.12. The SMILES string of the molecule is COC1COCCN(C)C1. The average molecular weight is 145 g/mol. The molecule has 1 rings (SSSR count). The molecule has 0 amide bonds. The topological polar surface area (TPSA) is 21.7 Å². The molecular weight excluding hydrogens is 130 g/mol. The van der Waals surface area contributed by atoms with Crippen molar-refractivity contribution in [3.63, 3.8) is 0 Å². The third-order valence-electron chi connectivity index (χ3n) is 1.77. The lowest BCUT2D eigenvalue weighted by molar-refractivity contribution is 0.0241. The van der Waals surface area contributed by atoms with E-state index in [-0.39, 0.29) is 6.10 Å². The van der Waals surface area contributed by atoms with Gasteiger partial charge in [-0.25, -0.2) is 0 Å². The van der Waals surface area contributed by atoms with Crippen molar-refractivity contribution in [1.29, 1.82) is 0 Å². The van der Waals surface area contributed by atoms with Gasteiger partial charge >= 0.3 is 0 Å². The summed E-state index contributed by atoms with van der Waals surface area (Å²) in [5.41, 5.74) is 0. The fraction of sp³-hybridized carbons (Fsp3) is 1.00. The van der Waals surface area contributed by atoms with Gasteiger partial charge in [0.2, 0.25) is 0 Å². The Labute approximate surface area is 61.9 Å². The molecule has 0 bridgehead atoms. The Balaban J connectivity index is 2.30. The molecule has 1 aliphatic heterocycles. The Hall–Kier alpha value is -0.120. The van der Waals surface area contributed by atoms with Gasteiger partial charge in [-0.1, -0.05) is 0 Å². The molecule has 1 fully saturated rings. The first-order valence-corrected chi connectivity index (χ1v) is 3.62. The summed E-state index contributed by atoms with van der Waals surface area (Å²) in [6.07, 6.45) is 0.257. The standard InChI is InChI=1S/C7H15NO2/c1-8-3-4-10-6-7(5-8)9-2/h7H,3-6H2,1-2H3. The molecule has 0 spiro atoms. The first kappa shape index (κ1) is 7.98. The summed E-state index contributed by atoms with van der Waals surface area (Å²) < 4.78 is 10.5. The van der Waals surface area contributed by atoms with Crippen LogP contribution in [0.4, 0.5) is 0 Å². The summed E-state index contributed by atoms with van der Waals surface area (Å²) in [6, 6.07) is 0. The Morgan fingerprint density at radius 1 is 1.60 bits per heavy atom. The lowest BCUT2D eigenvalue weighted by atomic mass is 10.3. The largest absolute Gasteiger partial charge is 0.378 e. The molecule has 0 radical (unpaired) electrons.